The van der Waals surface area contributed by atoms with Crippen LogP contribution in [0.2, 0.25) is 0 Å². The van der Waals surface area contributed by atoms with E-state index in [2.05, 4.69) is 180 Å². The van der Waals surface area contributed by atoms with Crippen molar-refractivity contribution in [1.29, 1.82) is 0 Å². The molecular formula is C46H30N2OS. The molecule has 0 aliphatic carbocycles. The highest BCUT2D eigenvalue weighted by molar-refractivity contribution is 7.25. The molecule has 0 aliphatic heterocycles. The molecule has 0 N–H and O–H groups in total. The zero-order chi connectivity index (χ0) is 33.0. The molecule has 236 valence electrons. The minimum Gasteiger partial charge on any atom is -0.456 e. The Morgan fingerprint density at radius 3 is 1.68 bits per heavy atom. The predicted octanol–water partition coefficient (Wildman–Crippen LogP) is 14.0. The number of nitrogens with zero attached hydrogens (tertiary/aromatic N) is 2. The maximum absolute atomic E-state index is 6.37. The van der Waals surface area contributed by atoms with E-state index in [4.69, 9.17) is 4.42 Å². The van der Waals surface area contributed by atoms with E-state index in [9.17, 15) is 0 Å². The molecule has 0 aliphatic rings. The lowest BCUT2D eigenvalue weighted by Crippen LogP contribution is -2.09. The van der Waals surface area contributed by atoms with Crippen molar-refractivity contribution in [2.24, 2.45) is 0 Å². The minimum atomic E-state index is 0.880. The fourth-order valence-corrected chi connectivity index (χ4v) is 8.37. The average Bonchev–Trinajstić information content (AvgIpc) is 3.73. The Morgan fingerprint density at radius 1 is 0.320 bits per heavy atom. The van der Waals surface area contributed by atoms with Gasteiger partial charge < -0.3 is 14.2 Å². The highest BCUT2D eigenvalue weighted by atomic mass is 32.1. The van der Waals surface area contributed by atoms with Crippen molar-refractivity contribution in [2.75, 3.05) is 9.80 Å². The van der Waals surface area contributed by atoms with Gasteiger partial charge in [-0.1, -0.05) is 91.0 Å². The summed E-state index contributed by atoms with van der Waals surface area (Å²) in [7, 11) is 0. The van der Waals surface area contributed by atoms with Crippen LogP contribution in [0.1, 0.15) is 0 Å². The third kappa shape index (κ3) is 4.80. The van der Waals surface area contributed by atoms with E-state index in [-0.39, 0.29) is 0 Å². The number of para-hydroxylation sites is 3. The number of rotatable bonds is 6. The number of fused-ring (bicyclic) bond motifs is 7. The second-order valence-electron chi connectivity index (χ2n) is 12.6. The second-order valence-corrected chi connectivity index (χ2v) is 13.7. The van der Waals surface area contributed by atoms with Crippen molar-refractivity contribution in [3.8, 4) is 0 Å². The summed E-state index contributed by atoms with van der Waals surface area (Å²) in [5.74, 6) is 0. The van der Waals surface area contributed by atoms with E-state index >= 15 is 0 Å². The second kappa shape index (κ2) is 11.7. The molecule has 0 atom stereocenters. The monoisotopic (exact) mass is 658 g/mol. The van der Waals surface area contributed by atoms with Crippen molar-refractivity contribution in [1.82, 2.24) is 0 Å². The number of hydrogen-bond donors (Lipinski definition) is 0. The fourth-order valence-electron chi connectivity index (χ4n) is 7.25. The van der Waals surface area contributed by atoms with Crippen molar-refractivity contribution in [2.45, 2.75) is 0 Å². The molecule has 2 aromatic heterocycles. The molecule has 8 aromatic carbocycles. The van der Waals surface area contributed by atoms with Gasteiger partial charge in [0.1, 0.15) is 11.2 Å². The summed E-state index contributed by atoms with van der Waals surface area (Å²) in [5.41, 5.74) is 8.44. The van der Waals surface area contributed by atoms with Gasteiger partial charge in [-0.25, -0.2) is 0 Å². The standard InChI is InChI=1S/C46H30N2OS/c1-3-13-33(14-4-1)47(34-15-5-2-6-16-34)38-22-25-41-42-28-36(23-26-45(42)50-46(41)30-38)48(35-20-19-31-11-7-8-12-32(31)27-35)37-21-24-40-39-17-9-10-18-43(39)49-44(40)29-37/h1-30H. The van der Waals surface area contributed by atoms with Gasteiger partial charge in [0.05, 0.1) is 0 Å². The maximum atomic E-state index is 6.37. The molecule has 50 heavy (non-hydrogen) atoms. The summed E-state index contributed by atoms with van der Waals surface area (Å²) >= 11 is 1.84. The van der Waals surface area contributed by atoms with E-state index in [1.807, 2.05) is 23.5 Å². The molecule has 10 rings (SSSR count). The molecule has 0 saturated carbocycles. The summed E-state index contributed by atoms with van der Waals surface area (Å²) in [5, 5.41) is 7.18. The van der Waals surface area contributed by atoms with E-state index in [1.165, 1.54) is 30.9 Å². The first-order chi connectivity index (χ1) is 24.8. The Hall–Kier alpha value is -6.36. The van der Waals surface area contributed by atoms with Crippen LogP contribution in [-0.2, 0) is 0 Å². The summed E-state index contributed by atoms with van der Waals surface area (Å²) in [6.07, 6.45) is 0. The Morgan fingerprint density at radius 2 is 0.880 bits per heavy atom. The smallest absolute Gasteiger partial charge is 0.137 e. The third-order valence-corrected chi connectivity index (χ3v) is 10.7. The Bertz CT molecular complexity index is 2800. The largest absolute Gasteiger partial charge is 0.456 e. The van der Waals surface area contributed by atoms with Gasteiger partial charge in [0.25, 0.3) is 0 Å². The number of thiophene rings is 1. The molecule has 0 unspecified atom stereocenters. The lowest BCUT2D eigenvalue weighted by Gasteiger charge is -2.26. The SMILES string of the molecule is c1ccc(N(c2ccccc2)c2ccc3c(c2)sc2ccc(N(c4ccc5ccccc5c4)c4ccc5c(c4)oc4ccccc45)cc23)cc1. The quantitative estimate of drug-likeness (QED) is 0.177. The average molecular weight is 659 g/mol. The highest BCUT2D eigenvalue weighted by Crippen LogP contribution is 2.44. The topological polar surface area (TPSA) is 19.6 Å². The van der Waals surface area contributed by atoms with Gasteiger partial charge in [-0.05, 0) is 95.7 Å². The van der Waals surface area contributed by atoms with Crippen molar-refractivity contribution in [3.63, 3.8) is 0 Å². The van der Waals surface area contributed by atoms with E-state index < -0.39 is 0 Å². The lowest BCUT2D eigenvalue weighted by molar-refractivity contribution is 0.669. The molecule has 0 spiro atoms. The number of hydrogen-bond acceptors (Lipinski definition) is 4. The number of furan rings is 1. The van der Waals surface area contributed by atoms with Gasteiger partial charge in [0.2, 0.25) is 0 Å². The zero-order valence-electron chi connectivity index (χ0n) is 27.0. The van der Waals surface area contributed by atoms with Gasteiger partial charge >= 0.3 is 0 Å². The first kappa shape index (κ1) is 28.6. The number of benzene rings is 8. The van der Waals surface area contributed by atoms with E-state index in [0.717, 1.165) is 56.1 Å². The minimum absolute atomic E-state index is 0.880. The molecule has 0 amide bonds. The molecule has 0 fully saturated rings. The summed E-state index contributed by atoms with van der Waals surface area (Å²) < 4.78 is 8.89. The summed E-state index contributed by atoms with van der Waals surface area (Å²) in [6.45, 7) is 0. The van der Waals surface area contributed by atoms with E-state index in [0.29, 0.717) is 0 Å². The van der Waals surface area contributed by atoms with Gasteiger partial charge in [0, 0.05) is 71.1 Å². The Labute approximate surface area is 293 Å². The number of anilines is 6. The molecule has 0 radical (unpaired) electrons. The van der Waals surface area contributed by atoms with Crippen LogP contribution in [0, 0.1) is 0 Å². The normalized spacial score (nSPS) is 11.6. The molecule has 0 saturated heterocycles. The van der Waals surface area contributed by atoms with Crippen LogP contribution in [0.4, 0.5) is 34.1 Å². The van der Waals surface area contributed by atoms with Crippen LogP contribution in [0.3, 0.4) is 0 Å². The van der Waals surface area contributed by atoms with Crippen molar-refractivity contribution >= 4 is 98.3 Å². The Balaban J connectivity index is 1.13. The molecule has 4 heteroatoms. The first-order valence-corrected chi connectivity index (χ1v) is 17.7. The summed E-state index contributed by atoms with van der Waals surface area (Å²) in [6, 6.07) is 65.0. The van der Waals surface area contributed by atoms with Crippen LogP contribution in [0.15, 0.2) is 186 Å². The van der Waals surface area contributed by atoms with Crippen LogP contribution in [0.5, 0.6) is 0 Å². The van der Waals surface area contributed by atoms with E-state index in [1.54, 1.807) is 0 Å². The summed E-state index contributed by atoms with van der Waals surface area (Å²) in [4.78, 5) is 4.67. The van der Waals surface area contributed by atoms with Crippen LogP contribution in [0.25, 0.3) is 52.9 Å². The van der Waals surface area contributed by atoms with Crippen LogP contribution >= 0.6 is 11.3 Å². The highest BCUT2D eigenvalue weighted by Gasteiger charge is 2.19. The molecule has 3 nitrogen and oxygen atoms in total. The van der Waals surface area contributed by atoms with Crippen LogP contribution in [-0.4, -0.2) is 0 Å². The third-order valence-electron chi connectivity index (χ3n) is 9.60. The van der Waals surface area contributed by atoms with Gasteiger partial charge in [-0.15, -0.1) is 11.3 Å². The molecule has 10 aromatic rings. The van der Waals surface area contributed by atoms with Crippen molar-refractivity contribution in [3.05, 3.63) is 182 Å². The maximum Gasteiger partial charge on any atom is 0.137 e. The predicted molar refractivity (Wildman–Crippen MR) is 213 cm³/mol. The van der Waals surface area contributed by atoms with Gasteiger partial charge in [0.15, 0.2) is 0 Å². The molecule has 0 bridgehead atoms. The molecule has 2 heterocycles. The molecular weight excluding hydrogens is 629 g/mol. The van der Waals surface area contributed by atoms with Gasteiger partial charge in [-0.3, -0.25) is 0 Å². The lowest BCUT2D eigenvalue weighted by atomic mass is 10.1. The first-order valence-electron chi connectivity index (χ1n) is 16.8. The van der Waals surface area contributed by atoms with Gasteiger partial charge in [-0.2, -0.15) is 0 Å². The fraction of sp³-hybridized carbons (Fsp3) is 0. The van der Waals surface area contributed by atoms with Crippen LogP contribution < -0.4 is 9.80 Å². The zero-order valence-corrected chi connectivity index (χ0v) is 27.8. The van der Waals surface area contributed by atoms with Crippen molar-refractivity contribution < 1.29 is 4.42 Å². The Kier molecular flexibility index (Phi) is 6.68.